The summed E-state index contributed by atoms with van der Waals surface area (Å²) in [7, 11) is 0. The van der Waals surface area contributed by atoms with E-state index < -0.39 is 0 Å². The van der Waals surface area contributed by atoms with Gasteiger partial charge < -0.3 is 9.47 Å². The third-order valence-corrected chi connectivity index (χ3v) is 2.45. The number of esters is 1. The zero-order valence-corrected chi connectivity index (χ0v) is 11.5. The van der Waals surface area contributed by atoms with Gasteiger partial charge in [-0.25, -0.2) is 4.79 Å². The molecule has 19 heavy (non-hydrogen) atoms. The van der Waals surface area contributed by atoms with Gasteiger partial charge in [-0.1, -0.05) is 42.5 Å². The number of carbonyl (C=O) groups excluding carboxylic acids is 1. The van der Waals surface area contributed by atoms with Crippen LogP contribution in [0.2, 0.25) is 0 Å². The molecule has 1 aromatic carbocycles. The molecular formula is C16H20O3. The second kappa shape index (κ2) is 9.11. The van der Waals surface area contributed by atoms with Crippen LogP contribution in [0.15, 0.2) is 54.1 Å². The highest BCUT2D eigenvalue weighted by Gasteiger charge is 2.04. The SMILES string of the molecule is C/C=C(/C=C/COCc1ccccc1)C(=O)OCC. The molecule has 0 N–H and O–H groups in total. The van der Waals surface area contributed by atoms with Crippen molar-refractivity contribution in [1.82, 2.24) is 0 Å². The van der Waals surface area contributed by atoms with Crippen LogP contribution in [-0.2, 0) is 20.9 Å². The summed E-state index contributed by atoms with van der Waals surface area (Å²) in [6.07, 6.45) is 5.27. The Morgan fingerprint density at radius 1 is 1.26 bits per heavy atom. The normalized spacial score (nSPS) is 11.8. The maximum atomic E-state index is 11.5. The number of hydrogen-bond donors (Lipinski definition) is 0. The molecule has 1 aromatic rings. The molecule has 0 amide bonds. The number of rotatable bonds is 7. The quantitative estimate of drug-likeness (QED) is 0.327. The molecule has 3 heteroatoms. The van der Waals surface area contributed by atoms with Gasteiger partial charge >= 0.3 is 5.97 Å². The van der Waals surface area contributed by atoms with E-state index in [0.717, 1.165) is 5.56 Å². The Hall–Kier alpha value is -1.87. The summed E-state index contributed by atoms with van der Waals surface area (Å²) in [6, 6.07) is 9.96. The van der Waals surface area contributed by atoms with E-state index in [4.69, 9.17) is 9.47 Å². The summed E-state index contributed by atoms with van der Waals surface area (Å²) in [5, 5.41) is 0. The van der Waals surface area contributed by atoms with Crippen LogP contribution in [0, 0.1) is 0 Å². The van der Waals surface area contributed by atoms with Gasteiger partial charge in [-0.05, 0) is 25.5 Å². The minimum atomic E-state index is -0.302. The van der Waals surface area contributed by atoms with Crippen LogP contribution in [0.4, 0.5) is 0 Å². The van der Waals surface area contributed by atoms with Gasteiger partial charge in [-0.2, -0.15) is 0 Å². The number of benzene rings is 1. The molecule has 0 heterocycles. The fraction of sp³-hybridized carbons (Fsp3) is 0.312. The van der Waals surface area contributed by atoms with Crippen molar-refractivity contribution in [3.8, 4) is 0 Å². The Morgan fingerprint density at radius 2 is 2.00 bits per heavy atom. The summed E-state index contributed by atoms with van der Waals surface area (Å²) in [4.78, 5) is 11.5. The molecule has 0 aliphatic rings. The summed E-state index contributed by atoms with van der Waals surface area (Å²) >= 11 is 0. The molecular weight excluding hydrogens is 240 g/mol. The predicted molar refractivity (Wildman–Crippen MR) is 75.6 cm³/mol. The lowest BCUT2D eigenvalue weighted by atomic mass is 10.2. The second-order valence-electron chi connectivity index (χ2n) is 3.87. The van der Waals surface area contributed by atoms with Crippen molar-refractivity contribution in [2.45, 2.75) is 20.5 Å². The highest BCUT2D eigenvalue weighted by Crippen LogP contribution is 2.02. The third-order valence-electron chi connectivity index (χ3n) is 2.45. The Labute approximate surface area is 114 Å². The number of allylic oxidation sites excluding steroid dienone is 1. The molecule has 0 aromatic heterocycles. The van der Waals surface area contributed by atoms with Crippen LogP contribution >= 0.6 is 0 Å². The van der Waals surface area contributed by atoms with E-state index in [2.05, 4.69) is 0 Å². The standard InChI is InChI=1S/C16H20O3/c1-3-15(16(17)19-4-2)11-8-12-18-13-14-9-6-5-7-10-14/h3,5-11H,4,12-13H2,1-2H3/b11-8+,15-3-. The van der Waals surface area contributed by atoms with E-state index in [9.17, 15) is 4.79 Å². The molecule has 0 atom stereocenters. The molecule has 0 fully saturated rings. The third kappa shape index (κ3) is 6.02. The lowest BCUT2D eigenvalue weighted by molar-refractivity contribution is -0.138. The second-order valence-corrected chi connectivity index (χ2v) is 3.87. The summed E-state index contributed by atoms with van der Waals surface area (Å²) in [5.41, 5.74) is 1.68. The molecule has 0 unspecified atom stereocenters. The van der Waals surface area contributed by atoms with Crippen LogP contribution in [0.5, 0.6) is 0 Å². The van der Waals surface area contributed by atoms with Gasteiger partial charge in [0.1, 0.15) is 0 Å². The Bertz CT molecular complexity index is 433. The summed E-state index contributed by atoms with van der Waals surface area (Å²) in [6.45, 7) is 5.01. The van der Waals surface area contributed by atoms with E-state index in [1.54, 1.807) is 26.0 Å². The Kier molecular flexibility index (Phi) is 7.28. The van der Waals surface area contributed by atoms with Crippen LogP contribution in [0.25, 0.3) is 0 Å². The average molecular weight is 260 g/mol. The van der Waals surface area contributed by atoms with Crippen LogP contribution < -0.4 is 0 Å². The van der Waals surface area contributed by atoms with Crippen molar-refractivity contribution >= 4 is 5.97 Å². The smallest absolute Gasteiger partial charge is 0.337 e. The molecule has 0 radical (unpaired) electrons. The number of carbonyl (C=O) groups is 1. The maximum absolute atomic E-state index is 11.5. The number of ether oxygens (including phenoxy) is 2. The zero-order valence-electron chi connectivity index (χ0n) is 11.5. The van der Waals surface area contributed by atoms with Crippen LogP contribution in [0.3, 0.4) is 0 Å². The minimum Gasteiger partial charge on any atom is -0.462 e. The van der Waals surface area contributed by atoms with Crippen molar-refractivity contribution in [3.05, 3.63) is 59.7 Å². The molecule has 0 spiro atoms. The van der Waals surface area contributed by atoms with Crippen molar-refractivity contribution < 1.29 is 14.3 Å². The minimum absolute atomic E-state index is 0.302. The van der Waals surface area contributed by atoms with E-state index in [1.807, 2.05) is 36.4 Å². The van der Waals surface area contributed by atoms with E-state index in [-0.39, 0.29) is 5.97 Å². The highest BCUT2D eigenvalue weighted by molar-refractivity contribution is 5.91. The van der Waals surface area contributed by atoms with Crippen LogP contribution in [0.1, 0.15) is 19.4 Å². The fourth-order valence-corrected chi connectivity index (χ4v) is 1.49. The van der Waals surface area contributed by atoms with Gasteiger partial charge in [0.15, 0.2) is 0 Å². The van der Waals surface area contributed by atoms with Crippen molar-refractivity contribution in [2.24, 2.45) is 0 Å². The van der Waals surface area contributed by atoms with Gasteiger partial charge in [0.25, 0.3) is 0 Å². The summed E-state index contributed by atoms with van der Waals surface area (Å²) in [5.74, 6) is -0.302. The predicted octanol–water partition coefficient (Wildman–Crippen LogP) is 3.27. The summed E-state index contributed by atoms with van der Waals surface area (Å²) < 4.78 is 10.4. The maximum Gasteiger partial charge on any atom is 0.337 e. The molecule has 0 aliphatic carbocycles. The highest BCUT2D eigenvalue weighted by atomic mass is 16.5. The monoisotopic (exact) mass is 260 g/mol. The molecule has 0 saturated heterocycles. The first-order valence-corrected chi connectivity index (χ1v) is 6.39. The van der Waals surface area contributed by atoms with E-state index in [0.29, 0.717) is 25.4 Å². The van der Waals surface area contributed by atoms with Gasteiger partial charge in [0.05, 0.1) is 25.4 Å². The average Bonchev–Trinajstić information content (AvgIpc) is 2.44. The Balaban J connectivity index is 2.31. The lowest BCUT2D eigenvalue weighted by Gasteiger charge is -2.02. The molecule has 3 nitrogen and oxygen atoms in total. The van der Waals surface area contributed by atoms with E-state index in [1.165, 1.54) is 0 Å². The molecule has 0 aliphatic heterocycles. The van der Waals surface area contributed by atoms with Gasteiger partial charge in [-0.15, -0.1) is 0 Å². The molecule has 0 saturated carbocycles. The number of hydrogen-bond acceptors (Lipinski definition) is 3. The Morgan fingerprint density at radius 3 is 2.63 bits per heavy atom. The van der Waals surface area contributed by atoms with Crippen LogP contribution in [-0.4, -0.2) is 19.2 Å². The lowest BCUT2D eigenvalue weighted by Crippen LogP contribution is -2.05. The van der Waals surface area contributed by atoms with Gasteiger partial charge in [-0.3, -0.25) is 0 Å². The molecule has 0 bridgehead atoms. The molecule has 1 rings (SSSR count). The van der Waals surface area contributed by atoms with Gasteiger partial charge in [0.2, 0.25) is 0 Å². The zero-order chi connectivity index (χ0) is 13.9. The van der Waals surface area contributed by atoms with Gasteiger partial charge in [0, 0.05) is 0 Å². The van der Waals surface area contributed by atoms with Crippen molar-refractivity contribution in [1.29, 1.82) is 0 Å². The van der Waals surface area contributed by atoms with Crippen molar-refractivity contribution in [2.75, 3.05) is 13.2 Å². The fourth-order valence-electron chi connectivity index (χ4n) is 1.49. The van der Waals surface area contributed by atoms with Crippen molar-refractivity contribution in [3.63, 3.8) is 0 Å². The first-order valence-electron chi connectivity index (χ1n) is 6.39. The molecule has 102 valence electrons. The topological polar surface area (TPSA) is 35.5 Å². The largest absolute Gasteiger partial charge is 0.462 e. The van der Waals surface area contributed by atoms with E-state index >= 15 is 0 Å². The first-order chi connectivity index (χ1) is 9.27. The first kappa shape index (κ1) is 15.2.